The van der Waals surface area contributed by atoms with Crippen molar-refractivity contribution in [3.63, 3.8) is 0 Å². The van der Waals surface area contributed by atoms with Crippen LogP contribution in [0.4, 0.5) is 0 Å². The van der Waals surface area contributed by atoms with Crippen molar-refractivity contribution < 1.29 is 0 Å². The Bertz CT molecular complexity index is 122. The van der Waals surface area contributed by atoms with Gasteiger partial charge in [0.15, 0.2) is 0 Å². The normalized spacial score (nSPS) is 22.4. The molecule has 0 amide bonds. The van der Waals surface area contributed by atoms with E-state index in [1.165, 1.54) is 0 Å². The van der Waals surface area contributed by atoms with Gasteiger partial charge in [0.2, 0.25) is 0 Å². The van der Waals surface area contributed by atoms with Gasteiger partial charge in [0.05, 0.1) is 0 Å². The predicted octanol–water partition coefficient (Wildman–Crippen LogP) is 2.75. The molecular formula is C8H11Cl. The smallest absolute Gasteiger partial charge is 0.0405 e. The van der Waals surface area contributed by atoms with E-state index in [2.05, 4.69) is 24.3 Å². The molecule has 0 saturated carbocycles. The lowest BCUT2D eigenvalue weighted by Gasteiger charge is -2.11. The third-order valence-electron chi connectivity index (χ3n) is 1.52. The summed E-state index contributed by atoms with van der Waals surface area (Å²) < 4.78 is 0. The highest BCUT2D eigenvalue weighted by atomic mass is 35.5. The van der Waals surface area contributed by atoms with Crippen molar-refractivity contribution in [1.29, 1.82) is 0 Å². The Morgan fingerprint density at radius 2 is 2.00 bits per heavy atom. The molecule has 0 nitrogen and oxygen atoms in total. The van der Waals surface area contributed by atoms with Crippen LogP contribution in [0.3, 0.4) is 0 Å². The Morgan fingerprint density at radius 3 is 2.33 bits per heavy atom. The van der Waals surface area contributed by atoms with Crippen molar-refractivity contribution in [1.82, 2.24) is 0 Å². The molecule has 1 atom stereocenters. The molecule has 50 valence electrons. The van der Waals surface area contributed by atoms with Crippen LogP contribution in [-0.4, -0.2) is 5.38 Å². The van der Waals surface area contributed by atoms with Crippen LogP contribution in [0.5, 0.6) is 0 Å². The second-order valence-corrected chi connectivity index (χ2v) is 3.04. The molecule has 9 heavy (non-hydrogen) atoms. The highest BCUT2D eigenvalue weighted by molar-refractivity contribution is 6.20. The lowest BCUT2D eigenvalue weighted by molar-refractivity contribution is 0.770. The quantitative estimate of drug-likeness (QED) is 0.390. The maximum absolute atomic E-state index is 5.85. The van der Waals surface area contributed by atoms with Crippen molar-refractivity contribution in [2.75, 3.05) is 0 Å². The second-order valence-electron chi connectivity index (χ2n) is 2.35. The van der Waals surface area contributed by atoms with Gasteiger partial charge in [-0.25, -0.2) is 0 Å². The van der Waals surface area contributed by atoms with Crippen molar-refractivity contribution >= 4 is 11.6 Å². The summed E-state index contributed by atoms with van der Waals surface area (Å²) in [5.41, 5.74) is 0. The number of halogens is 1. The number of hydrogen-bond acceptors (Lipinski definition) is 0. The predicted molar refractivity (Wildman–Crippen MR) is 41.7 cm³/mol. The first-order chi connectivity index (χ1) is 4.30. The van der Waals surface area contributed by atoms with Crippen LogP contribution in [0, 0.1) is 5.92 Å². The van der Waals surface area contributed by atoms with Gasteiger partial charge < -0.3 is 0 Å². The summed E-state index contributed by atoms with van der Waals surface area (Å²) in [6, 6.07) is 0. The van der Waals surface area contributed by atoms with Crippen LogP contribution in [-0.2, 0) is 0 Å². The third-order valence-corrected chi connectivity index (χ3v) is 1.81. The first kappa shape index (κ1) is 6.88. The second kappa shape index (κ2) is 3.07. The maximum atomic E-state index is 5.85. The molecule has 0 aliphatic heterocycles. The van der Waals surface area contributed by atoms with E-state index < -0.39 is 0 Å². The van der Waals surface area contributed by atoms with Gasteiger partial charge in [-0.2, -0.15) is 0 Å². The lowest BCUT2D eigenvalue weighted by Crippen LogP contribution is -2.06. The molecule has 0 saturated heterocycles. The Morgan fingerprint density at radius 1 is 1.44 bits per heavy atom. The molecule has 1 heteroatoms. The topological polar surface area (TPSA) is 0 Å². The standard InChI is InChI=1S/C8H11Cl/c1-7(9)8-5-3-2-4-6-8/h3-8H,2H2,1H3. The van der Waals surface area contributed by atoms with Gasteiger partial charge in [0, 0.05) is 11.3 Å². The van der Waals surface area contributed by atoms with Gasteiger partial charge in [-0.15, -0.1) is 11.6 Å². The molecule has 0 spiro atoms. The summed E-state index contributed by atoms with van der Waals surface area (Å²) in [4.78, 5) is 0. The van der Waals surface area contributed by atoms with Gasteiger partial charge in [-0.3, -0.25) is 0 Å². The summed E-state index contributed by atoms with van der Waals surface area (Å²) in [5, 5.41) is 0.234. The molecule has 0 aromatic rings. The van der Waals surface area contributed by atoms with Crippen LogP contribution < -0.4 is 0 Å². The molecule has 1 aliphatic carbocycles. The largest absolute Gasteiger partial charge is 0.122 e. The zero-order chi connectivity index (χ0) is 6.69. The monoisotopic (exact) mass is 142 g/mol. The average molecular weight is 143 g/mol. The average Bonchev–Trinajstić information content (AvgIpc) is 1.90. The molecule has 0 heterocycles. The minimum Gasteiger partial charge on any atom is -0.122 e. The Balaban J connectivity index is 2.49. The highest BCUT2D eigenvalue weighted by Crippen LogP contribution is 2.17. The van der Waals surface area contributed by atoms with E-state index in [1.807, 2.05) is 6.92 Å². The fourth-order valence-corrected chi connectivity index (χ4v) is 1.09. The van der Waals surface area contributed by atoms with Crippen LogP contribution in [0.15, 0.2) is 24.3 Å². The Labute approximate surface area is 61.2 Å². The van der Waals surface area contributed by atoms with Gasteiger partial charge in [0.1, 0.15) is 0 Å². The minimum absolute atomic E-state index is 0.234. The van der Waals surface area contributed by atoms with Crippen LogP contribution in [0.25, 0.3) is 0 Å². The van der Waals surface area contributed by atoms with Crippen LogP contribution in [0.2, 0.25) is 0 Å². The van der Waals surface area contributed by atoms with E-state index in [9.17, 15) is 0 Å². The van der Waals surface area contributed by atoms with Gasteiger partial charge in [-0.05, 0) is 13.3 Å². The molecule has 1 unspecified atom stereocenters. The van der Waals surface area contributed by atoms with Crippen molar-refractivity contribution in [2.45, 2.75) is 18.7 Å². The summed E-state index contributed by atoms with van der Waals surface area (Å²) in [6.07, 6.45) is 9.71. The maximum Gasteiger partial charge on any atom is 0.0405 e. The van der Waals surface area contributed by atoms with Gasteiger partial charge >= 0.3 is 0 Å². The fourth-order valence-electron chi connectivity index (χ4n) is 0.920. The van der Waals surface area contributed by atoms with Crippen molar-refractivity contribution in [3.05, 3.63) is 24.3 Å². The zero-order valence-electron chi connectivity index (χ0n) is 5.55. The molecular weight excluding hydrogens is 132 g/mol. The fraction of sp³-hybridized carbons (Fsp3) is 0.500. The van der Waals surface area contributed by atoms with Crippen molar-refractivity contribution in [2.24, 2.45) is 5.92 Å². The van der Waals surface area contributed by atoms with Gasteiger partial charge in [-0.1, -0.05) is 24.3 Å². The molecule has 1 aliphatic rings. The van der Waals surface area contributed by atoms with Crippen LogP contribution >= 0.6 is 11.6 Å². The molecule has 0 fully saturated rings. The molecule has 0 N–H and O–H groups in total. The number of rotatable bonds is 1. The van der Waals surface area contributed by atoms with Crippen molar-refractivity contribution in [3.8, 4) is 0 Å². The molecule has 0 radical (unpaired) electrons. The summed E-state index contributed by atoms with van der Waals surface area (Å²) in [7, 11) is 0. The van der Waals surface area contributed by atoms with E-state index >= 15 is 0 Å². The number of allylic oxidation sites excluding steroid dienone is 4. The number of alkyl halides is 1. The molecule has 0 aromatic carbocycles. The SMILES string of the molecule is CC(Cl)C1C=CCC=C1. The first-order valence-corrected chi connectivity index (χ1v) is 3.72. The molecule has 0 bridgehead atoms. The minimum atomic E-state index is 0.234. The Hall–Kier alpha value is -0.230. The van der Waals surface area contributed by atoms with E-state index in [1.54, 1.807) is 0 Å². The third kappa shape index (κ3) is 1.87. The molecule has 0 aromatic heterocycles. The highest BCUT2D eigenvalue weighted by Gasteiger charge is 2.08. The van der Waals surface area contributed by atoms with E-state index in [0.717, 1.165) is 6.42 Å². The summed E-state index contributed by atoms with van der Waals surface area (Å²) in [5.74, 6) is 0.459. The Kier molecular flexibility index (Phi) is 2.35. The summed E-state index contributed by atoms with van der Waals surface area (Å²) >= 11 is 5.85. The summed E-state index contributed by atoms with van der Waals surface area (Å²) in [6.45, 7) is 2.02. The zero-order valence-corrected chi connectivity index (χ0v) is 6.31. The van der Waals surface area contributed by atoms with E-state index in [4.69, 9.17) is 11.6 Å². The van der Waals surface area contributed by atoms with E-state index in [-0.39, 0.29) is 5.38 Å². The van der Waals surface area contributed by atoms with Crippen LogP contribution in [0.1, 0.15) is 13.3 Å². The number of hydrogen-bond donors (Lipinski definition) is 0. The lowest BCUT2D eigenvalue weighted by atomic mass is 10.0. The van der Waals surface area contributed by atoms with Gasteiger partial charge in [0.25, 0.3) is 0 Å². The molecule has 1 rings (SSSR count). The first-order valence-electron chi connectivity index (χ1n) is 3.28. The van der Waals surface area contributed by atoms with E-state index in [0.29, 0.717) is 5.92 Å².